The molecule has 1 heterocycles. The standard InChI is InChI=1S/C13H23N2O3/c1-10(13(14)17)3-4-12(16)15-7-5-11(6-8-15)9-18-2/h4,10-11H,3,5-9H2,1-2H3,(H2,14,17)/t10-/m0/s1. The molecular weight excluding hydrogens is 232 g/mol. The molecular formula is C13H23N2O3. The molecule has 1 atom stereocenters. The molecule has 18 heavy (non-hydrogen) atoms. The molecule has 0 aromatic rings. The first kappa shape index (κ1) is 15.0. The van der Waals surface area contributed by atoms with Gasteiger partial charge >= 0.3 is 0 Å². The summed E-state index contributed by atoms with van der Waals surface area (Å²) in [6.07, 6.45) is 3.97. The van der Waals surface area contributed by atoms with Gasteiger partial charge in [0, 0.05) is 32.7 Å². The maximum absolute atomic E-state index is 11.9. The van der Waals surface area contributed by atoms with Gasteiger partial charge in [0.15, 0.2) is 0 Å². The summed E-state index contributed by atoms with van der Waals surface area (Å²) in [5, 5.41) is 0. The van der Waals surface area contributed by atoms with E-state index in [4.69, 9.17) is 10.5 Å². The Balaban J connectivity index is 2.25. The number of hydrogen-bond acceptors (Lipinski definition) is 3. The van der Waals surface area contributed by atoms with Gasteiger partial charge in [-0.05, 0) is 25.2 Å². The zero-order valence-corrected chi connectivity index (χ0v) is 11.2. The van der Waals surface area contributed by atoms with Crippen LogP contribution in [0, 0.1) is 18.3 Å². The zero-order valence-electron chi connectivity index (χ0n) is 11.2. The van der Waals surface area contributed by atoms with Crippen molar-refractivity contribution < 1.29 is 14.3 Å². The number of likely N-dealkylation sites (tertiary alicyclic amines) is 1. The second-order valence-electron chi connectivity index (χ2n) is 4.97. The van der Waals surface area contributed by atoms with Gasteiger partial charge in [-0.1, -0.05) is 6.92 Å². The van der Waals surface area contributed by atoms with Crippen LogP contribution in [-0.4, -0.2) is 43.5 Å². The van der Waals surface area contributed by atoms with Crippen LogP contribution in [0.1, 0.15) is 26.2 Å². The van der Waals surface area contributed by atoms with E-state index in [0.717, 1.165) is 32.5 Å². The normalized spacial score (nSPS) is 18.7. The molecule has 1 aliphatic heterocycles. The van der Waals surface area contributed by atoms with Gasteiger partial charge < -0.3 is 15.4 Å². The molecule has 0 aromatic heterocycles. The smallest absolute Gasteiger partial charge is 0.226 e. The molecule has 0 bridgehead atoms. The van der Waals surface area contributed by atoms with Crippen molar-refractivity contribution in [3.8, 4) is 0 Å². The summed E-state index contributed by atoms with van der Waals surface area (Å²) >= 11 is 0. The van der Waals surface area contributed by atoms with Crippen molar-refractivity contribution in [1.29, 1.82) is 0 Å². The summed E-state index contributed by atoms with van der Waals surface area (Å²) in [5.74, 6) is -0.0691. The van der Waals surface area contributed by atoms with E-state index in [9.17, 15) is 9.59 Å². The van der Waals surface area contributed by atoms with E-state index in [1.54, 1.807) is 20.5 Å². The number of nitrogens with zero attached hydrogens (tertiary/aromatic N) is 1. The SMILES string of the molecule is COCC1CCN(C(=O)[CH]C[C@H](C)C(N)=O)CC1. The van der Waals surface area contributed by atoms with Gasteiger partial charge in [-0.15, -0.1) is 0 Å². The maximum Gasteiger partial charge on any atom is 0.226 e. The van der Waals surface area contributed by atoms with E-state index < -0.39 is 0 Å². The van der Waals surface area contributed by atoms with Crippen LogP contribution in [-0.2, 0) is 14.3 Å². The number of hydrogen-bond donors (Lipinski definition) is 1. The summed E-state index contributed by atoms with van der Waals surface area (Å²) in [6.45, 7) is 4.05. The van der Waals surface area contributed by atoms with Crippen LogP contribution in [0.5, 0.6) is 0 Å². The van der Waals surface area contributed by atoms with Gasteiger partial charge in [-0.2, -0.15) is 0 Å². The number of methoxy groups -OCH3 is 1. The predicted molar refractivity (Wildman–Crippen MR) is 68.5 cm³/mol. The second kappa shape index (κ2) is 7.36. The molecule has 5 nitrogen and oxygen atoms in total. The number of nitrogens with two attached hydrogens (primary N) is 1. The molecule has 0 aliphatic carbocycles. The Morgan fingerprint density at radius 1 is 1.44 bits per heavy atom. The number of carbonyl (C=O) groups is 2. The molecule has 2 amide bonds. The van der Waals surface area contributed by atoms with Gasteiger partial charge in [0.05, 0.1) is 6.42 Å². The average molecular weight is 255 g/mol. The molecule has 0 saturated carbocycles. The minimum absolute atomic E-state index is 0.0129. The molecule has 1 fully saturated rings. The lowest BCUT2D eigenvalue weighted by Crippen LogP contribution is -2.39. The van der Waals surface area contributed by atoms with E-state index in [0.29, 0.717) is 12.3 Å². The molecule has 0 unspecified atom stereocenters. The summed E-state index contributed by atoms with van der Waals surface area (Å²) in [4.78, 5) is 24.6. The number of carbonyl (C=O) groups excluding carboxylic acids is 2. The van der Waals surface area contributed by atoms with Crippen molar-refractivity contribution in [2.24, 2.45) is 17.6 Å². The van der Waals surface area contributed by atoms with Crippen molar-refractivity contribution in [2.45, 2.75) is 26.2 Å². The minimum Gasteiger partial charge on any atom is -0.384 e. The van der Waals surface area contributed by atoms with E-state index in [2.05, 4.69) is 0 Å². The lowest BCUT2D eigenvalue weighted by atomic mass is 9.97. The Hall–Kier alpha value is -1.10. The fourth-order valence-electron chi connectivity index (χ4n) is 2.08. The third kappa shape index (κ3) is 4.64. The number of piperidine rings is 1. The Kier molecular flexibility index (Phi) is 6.12. The lowest BCUT2D eigenvalue weighted by Gasteiger charge is -2.31. The average Bonchev–Trinajstić information content (AvgIpc) is 2.36. The molecule has 0 spiro atoms. The first-order valence-electron chi connectivity index (χ1n) is 6.45. The second-order valence-corrected chi connectivity index (χ2v) is 4.97. The molecule has 1 rings (SSSR count). The molecule has 103 valence electrons. The highest BCUT2D eigenvalue weighted by atomic mass is 16.5. The van der Waals surface area contributed by atoms with Crippen LogP contribution < -0.4 is 5.73 Å². The van der Waals surface area contributed by atoms with Crippen molar-refractivity contribution in [3.63, 3.8) is 0 Å². The number of ether oxygens (including phenoxy) is 1. The van der Waals surface area contributed by atoms with Gasteiger partial charge in [0.2, 0.25) is 11.8 Å². The van der Waals surface area contributed by atoms with Gasteiger partial charge in [-0.3, -0.25) is 9.59 Å². The molecule has 2 N–H and O–H groups in total. The zero-order chi connectivity index (χ0) is 13.5. The highest BCUT2D eigenvalue weighted by Crippen LogP contribution is 2.18. The summed E-state index contributed by atoms with van der Waals surface area (Å²) in [5.41, 5.74) is 5.15. The molecule has 1 radical (unpaired) electrons. The Labute approximate surface area is 109 Å². The number of rotatable bonds is 6. The Bertz CT molecular complexity index is 286. The number of primary amides is 1. The van der Waals surface area contributed by atoms with Crippen LogP contribution >= 0.6 is 0 Å². The fraction of sp³-hybridized carbons (Fsp3) is 0.769. The fourth-order valence-corrected chi connectivity index (χ4v) is 2.08. The quantitative estimate of drug-likeness (QED) is 0.755. The van der Waals surface area contributed by atoms with Crippen molar-refractivity contribution >= 4 is 11.8 Å². The third-order valence-corrected chi connectivity index (χ3v) is 3.46. The van der Waals surface area contributed by atoms with E-state index >= 15 is 0 Å². The van der Waals surface area contributed by atoms with Crippen molar-refractivity contribution in [1.82, 2.24) is 4.90 Å². The Morgan fingerprint density at radius 2 is 2.06 bits per heavy atom. The highest BCUT2D eigenvalue weighted by molar-refractivity contribution is 5.86. The molecule has 1 saturated heterocycles. The first-order valence-corrected chi connectivity index (χ1v) is 6.45. The largest absolute Gasteiger partial charge is 0.384 e. The highest BCUT2D eigenvalue weighted by Gasteiger charge is 2.23. The molecule has 5 heteroatoms. The maximum atomic E-state index is 11.9. The van der Waals surface area contributed by atoms with Gasteiger partial charge in [0.25, 0.3) is 0 Å². The minimum atomic E-state index is -0.363. The van der Waals surface area contributed by atoms with E-state index in [1.807, 2.05) is 4.90 Å². The first-order chi connectivity index (χ1) is 8.54. The van der Waals surface area contributed by atoms with E-state index in [1.165, 1.54) is 0 Å². The molecule has 0 aromatic carbocycles. The predicted octanol–water partition coefficient (Wildman–Crippen LogP) is 0.587. The van der Waals surface area contributed by atoms with Crippen molar-refractivity contribution in [2.75, 3.05) is 26.8 Å². The van der Waals surface area contributed by atoms with Gasteiger partial charge in [-0.25, -0.2) is 0 Å². The van der Waals surface area contributed by atoms with Crippen LogP contribution in [0.25, 0.3) is 0 Å². The van der Waals surface area contributed by atoms with Gasteiger partial charge in [0.1, 0.15) is 0 Å². The Morgan fingerprint density at radius 3 is 2.56 bits per heavy atom. The van der Waals surface area contributed by atoms with E-state index in [-0.39, 0.29) is 17.7 Å². The van der Waals surface area contributed by atoms with Crippen LogP contribution in [0.2, 0.25) is 0 Å². The summed E-state index contributed by atoms with van der Waals surface area (Å²) < 4.78 is 5.12. The summed E-state index contributed by atoms with van der Waals surface area (Å²) in [6, 6.07) is 0. The topological polar surface area (TPSA) is 72.6 Å². The third-order valence-electron chi connectivity index (χ3n) is 3.46. The monoisotopic (exact) mass is 255 g/mol. The number of amides is 2. The molecule has 1 aliphatic rings. The van der Waals surface area contributed by atoms with Crippen molar-refractivity contribution in [3.05, 3.63) is 6.42 Å². The van der Waals surface area contributed by atoms with Crippen LogP contribution in [0.15, 0.2) is 0 Å². The van der Waals surface area contributed by atoms with Crippen LogP contribution in [0.3, 0.4) is 0 Å². The summed E-state index contributed by atoms with van der Waals surface area (Å²) in [7, 11) is 1.70. The van der Waals surface area contributed by atoms with Crippen LogP contribution in [0.4, 0.5) is 0 Å². The lowest BCUT2D eigenvalue weighted by molar-refractivity contribution is -0.129.